The second kappa shape index (κ2) is 7.50. The number of hydrogen-bond acceptors (Lipinski definition) is 5. The molecule has 5 nitrogen and oxygen atoms in total. The van der Waals surface area contributed by atoms with Crippen molar-refractivity contribution in [1.82, 2.24) is 4.98 Å². The third-order valence-electron chi connectivity index (χ3n) is 6.75. The van der Waals surface area contributed by atoms with Gasteiger partial charge in [0.15, 0.2) is 0 Å². The number of nitrogens with zero attached hydrogens (tertiary/aromatic N) is 1. The van der Waals surface area contributed by atoms with Gasteiger partial charge in [0.1, 0.15) is 12.4 Å². The Labute approximate surface area is 179 Å². The van der Waals surface area contributed by atoms with E-state index in [9.17, 15) is 9.90 Å². The number of ketones is 1. The van der Waals surface area contributed by atoms with E-state index in [1.807, 2.05) is 50.4 Å². The molecular weight excluding hydrogens is 377 g/mol. The van der Waals surface area contributed by atoms with Crippen LogP contribution in [-0.2, 0) is 22.5 Å². The zero-order valence-electron chi connectivity index (χ0n) is 18.3. The summed E-state index contributed by atoms with van der Waals surface area (Å²) in [4.78, 5) is 16.1. The molecule has 157 valence electrons. The van der Waals surface area contributed by atoms with E-state index in [2.05, 4.69) is 4.98 Å². The molecule has 1 fully saturated rings. The van der Waals surface area contributed by atoms with Crippen LogP contribution in [0.1, 0.15) is 57.2 Å². The average Bonchev–Trinajstić information content (AvgIpc) is 3.27. The maximum Gasteiger partial charge on any atom is 0.330 e. The Kier molecular flexibility index (Phi) is 5.27. The van der Waals surface area contributed by atoms with Crippen molar-refractivity contribution in [3.05, 3.63) is 53.2 Å². The van der Waals surface area contributed by atoms with Crippen LogP contribution in [0.2, 0.25) is 0 Å². The minimum Gasteiger partial charge on any atom is -0.473 e. The highest BCUT2D eigenvalue weighted by Crippen LogP contribution is 2.61. The third kappa shape index (κ3) is 4.03. The lowest BCUT2D eigenvalue weighted by molar-refractivity contribution is -0.118. The highest BCUT2D eigenvalue weighted by Gasteiger charge is 2.58. The molecule has 0 spiro atoms. The fraction of sp³-hybridized carbons (Fsp3) is 0.500. The lowest BCUT2D eigenvalue weighted by Gasteiger charge is -2.37. The zero-order chi connectivity index (χ0) is 21.7. The molecule has 1 N–H and O–H groups in total. The molecule has 1 heterocycles. The molecule has 30 heavy (non-hydrogen) atoms. The Morgan fingerprint density at radius 3 is 2.73 bits per heavy atom. The molecule has 1 aromatic heterocycles. The highest BCUT2D eigenvalue weighted by atomic mass is 16.5. The number of benzene rings is 1. The number of aromatic nitrogens is 1. The van der Waals surface area contributed by atoms with Crippen LogP contribution in [0.25, 0.3) is 0 Å². The summed E-state index contributed by atoms with van der Waals surface area (Å²) >= 11 is 0. The molecule has 2 aromatic rings. The Morgan fingerprint density at radius 2 is 2.03 bits per heavy atom. The molecule has 1 radical (unpaired) electrons. The van der Waals surface area contributed by atoms with Gasteiger partial charge in [-0.3, -0.25) is 4.79 Å². The first-order chi connectivity index (χ1) is 14.1. The van der Waals surface area contributed by atoms with Crippen molar-refractivity contribution in [2.45, 2.75) is 64.8 Å². The van der Waals surface area contributed by atoms with Gasteiger partial charge in [-0.05, 0) is 69.6 Å². The molecule has 6 heteroatoms. The van der Waals surface area contributed by atoms with Crippen LogP contribution in [0.3, 0.4) is 0 Å². The molecular formula is C24H29BNO4. The number of aliphatic hydroxyl groups is 1. The molecule has 1 aromatic carbocycles. The normalized spacial score (nSPS) is 22.3. The Hall–Kier alpha value is -2.18. The Bertz CT molecular complexity index is 966. The van der Waals surface area contributed by atoms with Gasteiger partial charge in [-0.1, -0.05) is 29.7 Å². The first-order valence-corrected chi connectivity index (χ1v) is 10.5. The second-order valence-corrected chi connectivity index (χ2v) is 9.59. The fourth-order valence-electron chi connectivity index (χ4n) is 4.17. The van der Waals surface area contributed by atoms with Gasteiger partial charge in [0.25, 0.3) is 0 Å². The largest absolute Gasteiger partial charge is 0.473 e. The van der Waals surface area contributed by atoms with Crippen molar-refractivity contribution in [2.24, 2.45) is 11.8 Å². The quantitative estimate of drug-likeness (QED) is 0.683. The summed E-state index contributed by atoms with van der Waals surface area (Å²) in [6, 6.07) is 9.93. The molecule has 0 saturated heterocycles. The van der Waals surface area contributed by atoms with Crippen LogP contribution in [-0.4, -0.2) is 34.6 Å². The van der Waals surface area contributed by atoms with E-state index in [0.717, 1.165) is 17.4 Å². The molecule has 4 rings (SSSR count). The highest BCUT2D eigenvalue weighted by molar-refractivity contribution is 6.47. The maximum absolute atomic E-state index is 11.7. The average molecular weight is 406 g/mol. The number of rotatable bonds is 8. The van der Waals surface area contributed by atoms with Gasteiger partial charge in [0.2, 0.25) is 5.88 Å². The molecule has 2 aliphatic carbocycles. The van der Waals surface area contributed by atoms with Crippen LogP contribution >= 0.6 is 0 Å². The number of Topliss-reactive ketones (excluding diaryl/α,β-unsaturated/α-hetero) is 1. The van der Waals surface area contributed by atoms with E-state index < -0.39 is 11.2 Å². The minimum atomic E-state index is -0.964. The van der Waals surface area contributed by atoms with Gasteiger partial charge in [-0.25, -0.2) is 4.98 Å². The summed E-state index contributed by atoms with van der Waals surface area (Å²) in [5, 5.41) is 10.2. The predicted octanol–water partition coefficient (Wildman–Crippen LogP) is 2.95. The van der Waals surface area contributed by atoms with Crippen LogP contribution in [0.4, 0.5) is 0 Å². The Balaban J connectivity index is 1.35. The SMILES string of the molecule is CC(=O)[C@H]1[C@@H]2Cc3cc(OCc4cccc([B]OC(C)(C)C(C)(C)O)c4)ncc3[C@@H]21. The first kappa shape index (κ1) is 21.1. The van der Waals surface area contributed by atoms with Gasteiger partial charge >= 0.3 is 7.48 Å². The third-order valence-corrected chi connectivity index (χ3v) is 6.75. The van der Waals surface area contributed by atoms with E-state index in [4.69, 9.17) is 9.39 Å². The lowest BCUT2D eigenvalue weighted by Crippen LogP contribution is -2.49. The first-order valence-electron chi connectivity index (χ1n) is 10.5. The van der Waals surface area contributed by atoms with E-state index in [-0.39, 0.29) is 5.92 Å². The van der Waals surface area contributed by atoms with Gasteiger partial charge in [0.05, 0.1) is 11.2 Å². The number of ether oxygens (including phenoxy) is 1. The van der Waals surface area contributed by atoms with E-state index >= 15 is 0 Å². The van der Waals surface area contributed by atoms with Crippen LogP contribution < -0.4 is 10.2 Å². The molecule has 3 atom stereocenters. The molecule has 2 aliphatic rings. The number of fused-ring (bicyclic) bond motifs is 3. The van der Waals surface area contributed by atoms with E-state index in [0.29, 0.717) is 30.1 Å². The van der Waals surface area contributed by atoms with Crippen molar-refractivity contribution in [1.29, 1.82) is 0 Å². The van der Waals surface area contributed by atoms with E-state index in [1.165, 1.54) is 11.1 Å². The summed E-state index contributed by atoms with van der Waals surface area (Å²) in [6.45, 7) is 9.29. The topological polar surface area (TPSA) is 68.7 Å². The van der Waals surface area contributed by atoms with Crippen LogP contribution in [0.5, 0.6) is 5.88 Å². The number of hydrogen-bond donors (Lipinski definition) is 1. The Morgan fingerprint density at radius 1 is 1.27 bits per heavy atom. The van der Waals surface area contributed by atoms with Gasteiger partial charge in [0, 0.05) is 18.2 Å². The van der Waals surface area contributed by atoms with Gasteiger partial charge in [-0.2, -0.15) is 0 Å². The molecule has 0 amide bonds. The van der Waals surface area contributed by atoms with Crippen molar-refractivity contribution in [3.63, 3.8) is 0 Å². The summed E-state index contributed by atoms with van der Waals surface area (Å²) < 4.78 is 11.8. The number of pyridine rings is 1. The van der Waals surface area contributed by atoms with Crippen molar-refractivity contribution in [3.8, 4) is 5.88 Å². The van der Waals surface area contributed by atoms with Crippen LogP contribution in [0, 0.1) is 11.8 Å². The van der Waals surface area contributed by atoms with Gasteiger partial charge in [-0.15, -0.1) is 0 Å². The summed E-state index contributed by atoms with van der Waals surface area (Å²) in [5.74, 6) is 1.95. The lowest BCUT2D eigenvalue weighted by atomic mass is 9.82. The van der Waals surface area contributed by atoms with Crippen LogP contribution in [0.15, 0.2) is 36.5 Å². The standard InChI is InChI=1S/C24H29BNO4/c1-14(27)21-18-10-16-11-20(26-12-19(16)22(18)21)29-13-15-7-6-8-17(9-15)25-30-24(4,5)23(2,3)28/h6-9,11-12,18,21-22,28H,10,13H2,1-5H3/t18-,21-,22+/m0/s1. The maximum atomic E-state index is 11.7. The summed E-state index contributed by atoms with van der Waals surface area (Å²) in [5.41, 5.74) is 2.72. The van der Waals surface area contributed by atoms with E-state index in [1.54, 1.807) is 28.3 Å². The number of carbonyl (C=O) groups excluding carboxylic acids is 1. The predicted molar refractivity (Wildman–Crippen MR) is 116 cm³/mol. The molecule has 0 unspecified atom stereocenters. The summed E-state index contributed by atoms with van der Waals surface area (Å²) in [6.07, 6.45) is 2.83. The minimum absolute atomic E-state index is 0.202. The van der Waals surface area contributed by atoms with Crippen molar-refractivity contribution in [2.75, 3.05) is 0 Å². The monoisotopic (exact) mass is 406 g/mol. The number of carbonyl (C=O) groups is 1. The molecule has 1 saturated carbocycles. The van der Waals surface area contributed by atoms with Crippen molar-refractivity contribution < 1.29 is 19.3 Å². The smallest absolute Gasteiger partial charge is 0.330 e. The second-order valence-electron chi connectivity index (χ2n) is 9.59. The molecule has 0 bridgehead atoms. The van der Waals surface area contributed by atoms with Gasteiger partial charge < -0.3 is 14.5 Å². The fourth-order valence-corrected chi connectivity index (χ4v) is 4.17. The van der Waals surface area contributed by atoms with Crippen molar-refractivity contribution >= 4 is 18.7 Å². The summed E-state index contributed by atoms with van der Waals surface area (Å²) in [7, 11) is 1.67. The molecule has 0 aliphatic heterocycles. The zero-order valence-corrected chi connectivity index (χ0v) is 18.3.